The molecule has 500 valence electrons. The molecule has 7 N–H and O–H groups in total. The number of hydrogen-bond donors (Lipinski definition) is 7. The van der Waals surface area contributed by atoms with Crippen LogP contribution in [0.5, 0.6) is 0 Å². The minimum atomic E-state index is -5.34. The zero-order chi connectivity index (χ0) is 62.2. The molecule has 0 spiro atoms. The number of rotatable bonds is 57. The van der Waals surface area contributed by atoms with Crippen molar-refractivity contribution in [3.05, 3.63) is 12.2 Å². The lowest BCUT2D eigenvalue weighted by molar-refractivity contribution is -0.300. The van der Waals surface area contributed by atoms with Crippen LogP contribution in [0.1, 0.15) is 291 Å². The Bertz CT molecular complexity index is 1710. The van der Waals surface area contributed by atoms with E-state index in [9.17, 15) is 44.1 Å². The van der Waals surface area contributed by atoms with E-state index < -0.39 is 88.0 Å². The highest BCUT2D eigenvalue weighted by molar-refractivity contribution is 7.46. The second-order valence-electron chi connectivity index (χ2n) is 24.3. The lowest BCUT2D eigenvalue weighted by atomic mass is 9.94. The van der Waals surface area contributed by atoms with E-state index in [0.717, 1.165) is 135 Å². The molecule has 0 aliphatic carbocycles. The number of ether oxygens (including phenoxy) is 6. The zero-order valence-electron chi connectivity index (χ0n) is 54.0. The minimum absolute atomic E-state index is 0.00564. The molecular weight excluding hydrogens is 1110 g/mol. The van der Waals surface area contributed by atoms with Crippen molar-refractivity contribution < 1.29 is 77.0 Å². The summed E-state index contributed by atoms with van der Waals surface area (Å²) >= 11 is 0. The molecule has 0 aromatic carbocycles. The van der Waals surface area contributed by atoms with E-state index >= 15 is 0 Å². The number of unbranched alkanes of at least 4 members (excludes halogenated alkanes) is 30. The molecule has 2 fully saturated rings. The molecule has 2 amide bonds. The van der Waals surface area contributed by atoms with Gasteiger partial charge in [-0.1, -0.05) is 220 Å². The van der Waals surface area contributed by atoms with E-state index in [1.807, 2.05) is 0 Å². The number of Topliss-reactive ketones (excluding diaryl/α,β-unsaturated/α-hetero) is 1. The predicted molar refractivity (Wildman–Crippen MR) is 336 cm³/mol. The van der Waals surface area contributed by atoms with E-state index in [1.165, 1.54) is 77.0 Å². The highest BCUT2D eigenvalue weighted by Gasteiger charge is 2.51. The summed E-state index contributed by atoms with van der Waals surface area (Å²) in [5.41, 5.74) is 0. The minimum Gasteiger partial charge on any atom is -0.396 e. The molecule has 0 radical (unpaired) electrons. The van der Waals surface area contributed by atoms with Crippen molar-refractivity contribution in [2.24, 2.45) is 0 Å². The van der Waals surface area contributed by atoms with Gasteiger partial charge in [0, 0.05) is 39.8 Å². The summed E-state index contributed by atoms with van der Waals surface area (Å²) in [5, 5.41) is 39.9. The number of phosphoric ester groups is 1. The van der Waals surface area contributed by atoms with Gasteiger partial charge in [0.15, 0.2) is 12.6 Å². The van der Waals surface area contributed by atoms with Crippen LogP contribution in [0.15, 0.2) is 12.2 Å². The average Bonchev–Trinajstić information content (AvgIpc) is 2.88. The van der Waals surface area contributed by atoms with Crippen LogP contribution < -0.4 is 10.6 Å². The number of methoxy groups -OCH3 is 1. The number of ketones is 1. The predicted octanol–water partition coefficient (Wildman–Crippen LogP) is 13.2. The molecule has 1 unspecified atom stereocenters. The van der Waals surface area contributed by atoms with Crippen LogP contribution in [0.25, 0.3) is 0 Å². The normalized spacial score (nSPS) is 23.2. The second-order valence-corrected chi connectivity index (χ2v) is 25.5. The zero-order valence-corrected chi connectivity index (χ0v) is 54.9. The fourth-order valence-electron chi connectivity index (χ4n) is 11.5. The summed E-state index contributed by atoms with van der Waals surface area (Å²) in [6, 6.07) is -2.57. The summed E-state index contributed by atoms with van der Waals surface area (Å²) < 4.78 is 55.4. The van der Waals surface area contributed by atoms with Gasteiger partial charge in [-0.15, -0.1) is 0 Å². The van der Waals surface area contributed by atoms with Gasteiger partial charge < -0.3 is 64.2 Å². The first kappa shape index (κ1) is 79.2. The Morgan fingerprint density at radius 3 is 1.48 bits per heavy atom. The molecule has 85 heavy (non-hydrogen) atoms. The first-order valence-corrected chi connectivity index (χ1v) is 35.9. The third kappa shape index (κ3) is 38.4. The maximum atomic E-state index is 13.9. The van der Waals surface area contributed by atoms with E-state index in [0.29, 0.717) is 25.7 Å². The molecule has 18 nitrogen and oxygen atoms in total. The Hall–Kier alpha value is -1.90. The van der Waals surface area contributed by atoms with Gasteiger partial charge >= 0.3 is 7.82 Å². The summed E-state index contributed by atoms with van der Waals surface area (Å²) in [4.78, 5) is 61.1. The third-order valence-corrected chi connectivity index (χ3v) is 17.2. The first-order chi connectivity index (χ1) is 41.2. The van der Waals surface area contributed by atoms with Crippen molar-refractivity contribution in [3.63, 3.8) is 0 Å². The fourth-order valence-corrected chi connectivity index (χ4v) is 11.9. The number of aliphatic hydroxyl groups excluding tert-OH is 3. The van der Waals surface area contributed by atoms with Crippen LogP contribution in [0, 0.1) is 0 Å². The summed E-state index contributed by atoms with van der Waals surface area (Å²) in [6.45, 7) is 8.19. The molecular formula is C66H125N2O16P. The van der Waals surface area contributed by atoms with Crippen molar-refractivity contribution in [2.75, 3.05) is 33.5 Å². The van der Waals surface area contributed by atoms with E-state index in [2.05, 4.69) is 50.5 Å². The van der Waals surface area contributed by atoms with Crippen LogP contribution >= 0.6 is 7.82 Å². The summed E-state index contributed by atoms with van der Waals surface area (Å²) in [6.07, 6.45) is 32.4. The van der Waals surface area contributed by atoms with Gasteiger partial charge in [-0.3, -0.25) is 18.9 Å². The van der Waals surface area contributed by atoms with Crippen molar-refractivity contribution in [1.82, 2.24) is 10.6 Å². The van der Waals surface area contributed by atoms with Gasteiger partial charge in [-0.05, 0) is 64.2 Å². The molecule has 2 aliphatic rings. The maximum absolute atomic E-state index is 13.9. The summed E-state index contributed by atoms with van der Waals surface area (Å²) in [7, 11) is -3.67. The van der Waals surface area contributed by atoms with Gasteiger partial charge in [-0.2, -0.15) is 0 Å². The Kier molecular flexibility index (Phi) is 48.3. The highest BCUT2D eigenvalue weighted by atomic mass is 31.2. The van der Waals surface area contributed by atoms with Gasteiger partial charge in [0.2, 0.25) is 11.8 Å². The average molecular weight is 1230 g/mol. The Morgan fingerprint density at radius 1 is 0.518 bits per heavy atom. The first-order valence-electron chi connectivity index (χ1n) is 34.4. The van der Waals surface area contributed by atoms with Crippen LogP contribution in [-0.4, -0.2) is 144 Å². The molecule has 11 atom stereocenters. The molecule has 2 rings (SSSR count). The van der Waals surface area contributed by atoms with Crippen molar-refractivity contribution in [2.45, 2.75) is 358 Å². The van der Waals surface area contributed by atoms with Crippen molar-refractivity contribution in [3.8, 4) is 0 Å². The third-order valence-electron chi connectivity index (χ3n) is 16.7. The van der Waals surface area contributed by atoms with Crippen LogP contribution in [0.4, 0.5) is 0 Å². The number of phosphoric acid groups is 1. The number of hydrogen-bond acceptors (Lipinski definition) is 14. The van der Waals surface area contributed by atoms with E-state index in [-0.39, 0.29) is 56.9 Å². The standard InChI is InChI=1S/C66H125N2O16P/c1-6-10-14-18-21-24-25-26-27-28-29-31-33-37-41-45-57(71)67-59-63(80-50-47-54(78-5)44-40-35-17-13-9-4)61(73)55(46-48-69)82-65(59)81-52-56-62(74)64(79-49-42-38-34-23-20-16-12-8-3)60(66(83-56)84-85(75,76)77)68-58(72)51-53(70)43-39-36-32-30-22-19-15-11-7-2/h24-25,54-56,59-66,69,73-74H,6-23,26-52H2,1-5H3,(H,67,71)(H,68,72)(H2,75,76,77)/b25-24-/t54-,55-,56?,59-,60-,61-,62-,63-,64-,65-,66-/m1/s1. The second kappa shape index (κ2) is 51.8. The van der Waals surface area contributed by atoms with E-state index in [4.69, 9.17) is 32.9 Å². The SMILES string of the molecule is CCCCCC/C=C\CCCCCCCCCC(=O)N[C@H]1[C@H](OCC2O[C@H](OP(=O)(O)O)[C@H](NC(=O)CC(=O)CCCCCCCCCCC)[C@@H](OCCCCCCCCCC)[C@@H]2O)O[C@H](CCO)[C@@H](O)[C@@H]1OCC[C@@H](CCCCCCC)OC. The van der Waals surface area contributed by atoms with Crippen molar-refractivity contribution >= 4 is 25.4 Å². The lowest BCUT2D eigenvalue weighted by Crippen LogP contribution is -2.67. The quantitative estimate of drug-likeness (QED) is 0.0129. The smallest absolute Gasteiger partial charge is 0.396 e. The molecule has 2 saturated heterocycles. The Balaban J connectivity index is 2.33. The number of carbonyl (C=O) groups is 3. The topological polar surface area (TPSA) is 258 Å². The molecule has 0 bridgehead atoms. The number of aliphatic hydroxyl groups is 3. The molecule has 2 aliphatic heterocycles. The number of allylic oxidation sites excluding steroid dienone is 2. The molecule has 2 heterocycles. The highest BCUT2D eigenvalue weighted by Crippen LogP contribution is 2.41. The Labute approximate surface area is 515 Å². The van der Waals surface area contributed by atoms with Crippen LogP contribution in [0.2, 0.25) is 0 Å². The van der Waals surface area contributed by atoms with Crippen LogP contribution in [0.3, 0.4) is 0 Å². The number of carbonyl (C=O) groups excluding carboxylic acids is 3. The maximum Gasteiger partial charge on any atom is 0.472 e. The number of amides is 2. The van der Waals surface area contributed by atoms with E-state index in [1.54, 1.807) is 7.11 Å². The fraction of sp³-hybridized carbons (Fsp3) is 0.924. The van der Waals surface area contributed by atoms with Crippen LogP contribution in [-0.2, 0) is 51.9 Å². The molecule has 0 aromatic heterocycles. The monoisotopic (exact) mass is 1230 g/mol. The van der Waals surface area contributed by atoms with Gasteiger partial charge in [0.25, 0.3) is 0 Å². The van der Waals surface area contributed by atoms with Gasteiger partial charge in [-0.25, -0.2) is 4.57 Å². The largest absolute Gasteiger partial charge is 0.472 e. The van der Waals surface area contributed by atoms with Gasteiger partial charge in [0.1, 0.15) is 48.4 Å². The molecule has 0 aromatic rings. The lowest BCUT2D eigenvalue weighted by Gasteiger charge is -2.47. The number of nitrogens with one attached hydrogen (secondary N) is 2. The molecule has 0 saturated carbocycles. The van der Waals surface area contributed by atoms with Gasteiger partial charge in [0.05, 0.1) is 25.2 Å². The molecule has 19 heteroatoms. The van der Waals surface area contributed by atoms with Crippen molar-refractivity contribution in [1.29, 1.82) is 0 Å². The Morgan fingerprint density at radius 2 is 0.953 bits per heavy atom. The summed E-state index contributed by atoms with van der Waals surface area (Å²) in [5.74, 6) is -1.34.